The SMILES string of the molecule is CC#CCNC(CC)(CN)CCC. The van der Waals surface area contributed by atoms with Gasteiger partial charge in [-0.1, -0.05) is 26.2 Å². The van der Waals surface area contributed by atoms with Crippen LogP contribution in [0.4, 0.5) is 0 Å². The maximum absolute atomic E-state index is 5.78. The van der Waals surface area contributed by atoms with Gasteiger partial charge in [0.15, 0.2) is 0 Å². The van der Waals surface area contributed by atoms with Crippen LogP contribution in [-0.4, -0.2) is 18.6 Å². The Morgan fingerprint density at radius 2 is 2.08 bits per heavy atom. The minimum atomic E-state index is 0.110. The zero-order chi connectivity index (χ0) is 10.2. The molecule has 0 saturated carbocycles. The molecule has 0 rings (SSSR count). The average Bonchev–Trinajstić information content (AvgIpc) is 2.17. The van der Waals surface area contributed by atoms with Gasteiger partial charge in [0.1, 0.15) is 0 Å². The van der Waals surface area contributed by atoms with Crippen molar-refractivity contribution >= 4 is 0 Å². The highest BCUT2D eigenvalue weighted by Crippen LogP contribution is 2.15. The quantitative estimate of drug-likeness (QED) is 0.611. The number of nitrogens with one attached hydrogen (secondary N) is 1. The summed E-state index contributed by atoms with van der Waals surface area (Å²) < 4.78 is 0. The summed E-state index contributed by atoms with van der Waals surface area (Å²) in [6.45, 7) is 7.67. The van der Waals surface area contributed by atoms with Crippen LogP contribution in [0.5, 0.6) is 0 Å². The maximum atomic E-state index is 5.78. The van der Waals surface area contributed by atoms with Crippen molar-refractivity contribution in [2.75, 3.05) is 13.1 Å². The zero-order valence-corrected chi connectivity index (χ0v) is 9.11. The largest absolute Gasteiger partial charge is 0.329 e. The smallest absolute Gasteiger partial charge is 0.0581 e. The molecule has 2 heteroatoms. The molecule has 0 aliphatic rings. The van der Waals surface area contributed by atoms with Crippen molar-refractivity contribution in [3.05, 3.63) is 0 Å². The predicted molar refractivity (Wildman–Crippen MR) is 58.4 cm³/mol. The fourth-order valence-electron chi connectivity index (χ4n) is 1.51. The van der Waals surface area contributed by atoms with Gasteiger partial charge in [-0.2, -0.15) is 0 Å². The topological polar surface area (TPSA) is 38.0 Å². The third-order valence-corrected chi connectivity index (χ3v) is 2.52. The molecule has 13 heavy (non-hydrogen) atoms. The van der Waals surface area contributed by atoms with Crippen molar-refractivity contribution in [3.8, 4) is 11.8 Å². The van der Waals surface area contributed by atoms with E-state index in [1.807, 2.05) is 6.92 Å². The number of nitrogens with two attached hydrogens (primary N) is 1. The van der Waals surface area contributed by atoms with Crippen molar-refractivity contribution in [1.82, 2.24) is 5.32 Å². The van der Waals surface area contributed by atoms with Crippen LogP contribution >= 0.6 is 0 Å². The first-order chi connectivity index (χ1) is 6.24. The molecule has 0 heterocycles. The van der Waals surface area contributed by atoms with Gasteiger partial charge in [0, 0.05) is 12.1 Å². The number of hydrogen-bond donors (Lipinski definition) is 2. The summed E-state index contributed by atoms with van der Waals surface area (Å²) >= 11 is 0. The predicted octanol–water partition coefficient (Wildman–Crippen LogP) is 1.51. The highest BCUT2D eigenvalue weighted by molar-refractivity contribution is 5.00. The van der Waals surface area contributed by atoms with Crippen LogP contribution in [0.15, 0.2) is 0 Å². The van der Waals surface area contributed by atoms with Gasteiger partial charge in [0.2, 0.25) is 0 Å². The monoisotopic (exact) mass is 182 g/mol. The summed E-state index contributed by atoms with van der Waals surface area (Å²) in [6, 6.07) is 0. The van der Waals surface area contributed by atoms with Crippen LogP contribution in [-0.2, 0) is 0 Å². The third-order valence-electron chi connectivity index (χ3n) is 2.52. The van der Waals surface area contributed by atoms with E-state index in [0.29, 0.717) is 6.54 Å². The van der Waals surface area contributed by atoms with Crippen molar-refractivity contribution < 1.29 is 0 Å². The van der Waals surface area contributed by atoms with Crippen LogP contribution < -0.4 is 11.1 Å². The number of rotatable bonds is 6. The molecule has 0 spiro atoms. The second kappa shape index (κ2) is 6.94. The minimum Gasteiger partial charge on any atom is -0.329 e. The Kier molecular flexibility index (Phi) is 6.66. The Morgan fingerprint density at radius 1 is 1.38 bits per heavy atom. The standard InChI is InChI=1S/C11H22N2/c1-4-7-9-13-11(6-3,10-12)8-5-2/h13H,5-6,8-10,12H2,1-3H3. The molecule has 0 bridgehead atoms. The molecule has 0 aliphatic carbocycles. The number of hydrogen-bond acceptors (Lipinski definition) is 2. The minimum absolute atomic E-state index is 0.110. The van der Waals surface area contributed by atoms with Crippen LogP contribution in [0, 0.1) is 11.8 Å². The molecule has 1 atom stereocenters. The Balaban J connectivity index is 4.09. The summed E-state index contributed by atoms with van der Waals surface area (Å²) in [6.07, 6.45) is 3.37. The molecule has 0 amide bonds. The zero-order valence-electron chi connectivity index (χ0n) is 9.11. The van der Waals surface area contributed by atoms with Gasteiger partial charge in [-0.25, -0.2) is 0 Å². The van der Waals surface area contributed by atoms with Crippen molar-refractivity contribution in [2.24, 2.45) is 5.73 Å². The summed E-state index contributed by atoms with van der Waals surface area (Å²) in [7, 11) is 0. The van der Waals surface area contributed by atoms with E-state index < -0.39 is 0 Å². The van der Waals surface area contributed by atoms with Crippen LogP contribution in [0.2, 0.25) is 0 Å². The van der Waals surface area contributed by atoms with E-state index in [0.717, 1.165) is 25.8 Å². The van der Waals surface area contributed by atoms with Crippen LogP contribution in [0.3, 0.4) is 0 Å². The van der Waals surface area contributed by atoms with Crippen molar-refractivity contribution in [2.45, 2.75) is 45.6 Å². The molecule has 3 N–H and O–H groups in total. The lowest BCUT2D eigenvalue weighted by atomic mass is 9.91. The molecule has 76 valence electrons. The summed E-state index contributed by atoms with van der Waals surface area (Å²) in [4.78, 5) is 0. The van der Waals surface area contributed by atoms with E-state index in [9.17, 15) is 0 Å². The summed E-state index contributed by atoms with van der Waals surface area (Å²) in [5, 5.41) is 3.44. The molecule has 1 unspecified atom stereocenters. The Morgan fingerprint density at radius 3 is 2.46 bits per heavy atom. The van der Waals surface area contributed by atoms with Crippen LogP contribution in [0.25, 0.3) is 0 Å². The first-order valence-electron chi connectivity index (χ1n) is 5.09. The van der Waals surface area contributed by atoms with E-state index >= 15 is 0 Å². The molecule has 0 aliphatic heterocycles. The summed E-state index contributed by atoms with van der Waals surface area (Å²) in [5.41, 5.74) is 5.89. The Bertz CT molecular complexity index is 172. The third kappa shape index (κ3) is 4.31. The van der Waals surface area contributed by atoms with E-state index in [1.165, 1.54) is 0 Å². The fourth-order valence-corrected chi connectivity index (χ4v) is 1.51. The maximum Gasteiger partial charge on any atom is 0.0581 e. The lowest BCUT2D eigenvalue weighted by Gasteiger charge is -2.31. The van der Waals surface area contributed by atoms with E-state index in [2.05, 4.69) is 31.0 Å². The second-order valence-corrected chi connectivity index (χ2v) is 3.37. The van der Waals surface area contributed by atoms with Gasteiger partial charge < -0.3 is 5.73 Å². The molecular formula is C11H22N2. The first kappa shape index (κ1) is 12.5. The van der Waals surface area contributed by atoms with Gasteiger partial charge in [-0.3, -0.25) is 5.32 Å². The van der Waals surface area contributed by atoms with E-state index in [4.69, 9.17) is 5.73 Å². The van der Waals surface area contributed by atoms with Crippen molar-refractivity contribution in [3.63, 3.8) is 0 Å². The Hall–Kier alpha value is -0.520. The molecule has 0 aromatic heterocycles. The summed E-state index contributed by atoms with van der Waals surface area (Å²) in [5.74, 6) is 5.89. The van der Waals surface area contributed by atoms with Gasteiger partial charge >= 0.3 is 0 Å². The highest BCUT2D eigenvalue weighted by atomic mass is 15.0. The van der Waals surface area contributed by atoms with Crippen molar-refractivity contribution in [1.29, 1.82) is 0 Å². The molecule has 0 aromatic rings. The lowest BCUT2D eigenvalue weighted by molar-refractivity contribution is 0.309. The molecule has 0 aromatic carbocycles. The van der Waals surface area contributed by atoms with E-state index in [1.54, 1.807) is 0 Å². The van der Waals surface area contributed by atoms with Gasteiger partial charge in [0.05, 0.1) is 6.54 Å². The fraction of sp³-hybridized carbons (Fsp3) is 0.818. The molecule has 2 nitrogen and oxygen atoms in total. The highest BCUT2D eigenvalue weighted by Gasteiger charge is 2.23. The normalized spacial score (nSPS) is 14.5. The first-order valence-corrected chi connectivity index (χ1v) is 5.09. The Labute approximate surface area is 82.3 Å². The van der Waals surface area contributed by atoms with E-state index in [-0.39, 0.29) is 5.54 Å². The van der Waals surface area contributed by atoms with Gasteiger partial charge in [0.25, 0.3) is 0 Å². The van der Waals surface area contributed by atoms with Crippen LogP contribution in [0.1, 0.15) is 40.0 Å². The molecule has 0 saturated heterocycles. The molecule has 0 fully saturated rings. The average molecular weight is 182 g/mol. The van der Waals surface area contributed by atoms with Gasteiger partial charge in [-0.15, -0.1) is 5.92 Å². The second-order valence-electron chi connectivity index (χ2n) is 3.37. The van der Waals surface area contributed by atoms with Gasteiger partial charge in [-0.05, 0) is 19.8 Å². The lowest BCUT2D eigenvalue weighted by Crippen LogP contribution is -2.50. The molecule has 0 radical (unpaired) electrons. The molecular weight excluding hydrogens is 160 g/mol.